The molecule has 6 bridgehead atoms. The first-order valence-corrected chi connectivity index (χ1v) is 13.1. The van der Waals surface area contributed by atoms with E-state index < -0.39 is 75.9 Å². The summed E-state index contributed by atoms with van der Waals surface area (Å²) in [6.45, 7) is 4.77. The first-order chi connectivity index (χ1) is 20.0. The number of hydrogen-bond acceptors (Lipinski definition) is 9. The van der Waals surface area contributed by atoms with Gasteiger partial charge in [0.1, 0.15) is 17.0 Å². The number of hydrogen-bond donors (Lipinski definition) is 2. The maximum atomic E-state index is 14.4. The number of anilines is 2. The minimum Gasteiger partial charge on any atom is -0.444 e. The van der Waals surface area contributed by atoms with E-state index in [1.165, 1.54) is 43.9 Å². The number of fused-ring (bicyclic) bond motifs is 9. The number of aromatic nitrogens is 4. The molecule has 0 radical (unpaired) electrons. The number of amides is 1. The SMILES string of the molecule is CC(C)(C)OC(=O)Nc1cc(C(F)(F)F)c2nc1-c1nnc(o1)C(O)(C(F)(F)F)c1cccc(n1)/C=C\C[C@@H]1CCCN21. The van der Waals surface area contributed by atoms with Gasteiger partial charge in [-0.3, -0.25) is 5.32 Å². The van der Waals surface area contributed by atoms with E-state index in [1.54, 1.807) is 6.08 Å². The first kappa shape index (κ1) is 30.3. The molecule has 1 fully saturated rings. The molecule has 3 aromatic rings. The zero-order chi connectivity index (χ0) is 31.4. The van der Waals surface area contributed by atoms with E-state index in [1.807, 2.05) is 0 Å². The number of carbonyl (C=O) groups excluding carboxylic acids is 1. The quantitative estimate of drug-likeness (QED) is 0.315. The molecule has 0 spiro atoms. The molecule has 5 rings (SSSR count). The lowest BCUT2D eigenvalue weighted by molar-refractivity contribution is -0.257. The third-order valence-corrected chi connectivity index (χ3v) is 6.78. The number of pyridine rings is 2. The molecule has 3 aromatic heterocycles. The van der Waals surface area contributed by atoms with Crippen LogP contribution in [-0.4, -0.2) is 55.7 Å². The van der Waals surface area contributed by atoms with E-state index in [-0.39, 0.29) is 18.7 Å². The van der Waals surface area contributed by atoms with E-state index in [0.717, 1.165) is 6.07 Å². The summed E-state index contributed by atoms with van der Waals surface area (Å²) in [6.07, 6.45) is -7.28. The molecule has 0 aliphatic carbocycles. The first-order valence-electron chi connectivity index (χ1n) is 13.1. The van der Waals surface area contributed by atoms with Gasteiger partial charge in [-0.15, -0.1) is 10.2 Å². The van der Waals surface area contributed by atoms with Crippen molar-refractivity contribution >= 4 is 23.7 Å². The van der Waals surface area contributed by atoms with Gasteiger partial charge >= 0.3 is 18.4 Å². The lowest BCUT2D eigenvalue weighted by Gasteiger charge is -2.29. The molecule has 5 heterocycles. The molecular weight excluding hydrogens is 586 g/mol. The predicted molar refractivity (Wildman–Crippen MR) is 140 cm³/mol. The van der Waals surface area contributed by atoms with Crippen molar-refractivity contribution in [3.8, 4) is 11.6 Å². The lowest BCUT2D eigenvalue weighted by Crippen LogP contribution is -2.44. The monoisotopic (exact) mass is 612 g/mol. The van der Waals surface area contributed by atoms with Gasteiger partial charge in [-0.25, -0.2) is 14.8 Å². The second-order valence-corrected chi connectivity index (χ2v) is 11.1. The van der Waals surface area contributed by atoms with Gasteiger partial charge in [0, 0.05) is 12.6 Å². The van der Waals surface area contributed by atoms with Gasteiger partial charge in [0.2, 0.25) is 0 Å². The van der Waals surface area contributed by atoms with Crippen molar-refractivity contribution < 1.29 is 45.4 Å². The molecule has 16 heteroatoms. The molecule has 2 aliphatic rings. The number of ether oxygens (including phenoxy) is 1. The van der Waals surface area contributed by atoms with Crippen molar-refractivity contribution in [3.05, 3.63) is 53.2 Å². The van der Waals surface area contributed by atoms with E-state index >= 15 is 0 Å². The number of aliphatic hydroxyl groups is 1. The summed E-state index contributed by atoms with van der Waals surface area (Å²) in [4.78, 5) is 22.2. The van der Waals surface area contributed by atoms with Crippen molar-refractivity contribution in [3.63, 3.8) is 0 Å². The average Bonchev–Trinajstić information content (AvgIpc) is 3.56. The zero-order valence-electron chi connectivity index (χ0n) is 23.0. The number of carbonyl (C=O) groups is 1. The van der Waals surface area contributed by atoms with Crippen LogP contribution >= 0.6 is 0 Å². The highest BCUT2D eigenvalue weighted by molar-refractivity contribution is 5.90. The smallest absolute Gasteiger partial charge is 0.432 e. The molecule has 2 aliphatic heterocycles. The highest BCUT2D eigenvalue weighted by Crippen LogP contribution is 2.46. The van der Waals surface area contributed by atoms with Crippen LogP contribution in [0.25, 0.3) is 17.7 Å². The summed E-state index contributed by atoms with van der Waals surface area (Å²) < 4.78 is 97.1. The number of nitrogens with zero attached hydrogens (tertiary/aromatic N) is 5. The Bertz CT molecular complexity index is 1560. The van der Waals surface area contributed by atoms with E-state index in [2.05, 4.69) is 25.5 Å². The normalized spacial score (nSPS) is 21.4. The van der Waals surface area contributed by atoms with Crippen molar-refractivity contribution in [2.45, 2.75) is 69.6 Å². The van der Waals surface area contributed by atoms with Crippen LogP contribution in [0.15, 0.2) is 34.8 Å². The van der Waals surface area contributed by atoms with Crippen LogP contribution in [0.4, 0.5) is 42.6 Å². The van der Waals surface area contributed by atoms with Crippen LogP contribution in [-0.2, 0) is 16.5 Å². The topological polar surface area (TPSA) is 126 Å². The Hall–Kier alpha value is -4.21. The highest BCUT2D eigenvalue weighted by Gasteiger charge is 2.61. The maximum absolute atomic E-state index is 14.4. The van der Waals surface area contributed by atoms with E-state index in [9.17, 15) is 36.2 Å². The van der Waals surface area contributed by atoms with Gasteiger partial charge in [-0.2, -0.15) is 26.3 Å². The number of nitrogens with one attached hydrogen (secondary N) is 1. The minimum atomic E-state index is -5.42. The molecule has 43 heavy (non-hydrogen) atoms. The molecule has 10 nitrogen and oxygen atoms in total. The maximum Gasteiger partial charge on any atom is 0.432 e. The molecule has 0 aromatic carbocycles. The van der Waals surface area contributed by atoms with Gasteiger partial charge < -0.3 is 19.2 Å². The molecule has 1 amide bonds. The van der Waals surface area contributed by atoms with Gasteiger partial charge in [-0.1, -0.05) is 12.1 Å². The predicted octanol–water partition coefficient (Wildman–Crippen LogP) is 6.08. The van der Waals surface area contributed by atoms with Gasteiger partial charge in [0.25, 0.3) is 17.4 Å². The molecule has 2 atom stereocenters. The van der Waals surface area contributed by atoms with Crippen LogP contribution in [0.5, 0.6) is 0 Å². The third kappa shape index (κ3) is 5.87. The molecule has 230 valence electrons. The van der Waals surface area contributed by atoms with Crippen LogP contribution in [0.2, 0.25) is 0 Å². The van der Waals surface area contributed by atoms with Crippen molar-refractivity contribution in [2.24, 2.45) is 0 Å². The van der Waals surface area contributed by atoms with Crippen molar-refractivity contribution in [2.75, 3.05) is 16.8 Å². The molecule has 1 unspecified atom stereocenters. The summed E-state index contributed by atoms with van der Waals surface area (Å²) in [7, 11) is 0. The minimum absolute atomic E-state index is 0.0536. The van der Waals surface area contributed by atoms with E-state index in [4.69, 9.17) is 9.15 Å². The Kier molecular flexibility index (Phi) is 7.39. The summed E-state index contributed by atoms with van der Waals surface area (Å²) in [5.74, 6) is -2.69. The lowest BCUT2D eigenvalue weighted by atomic mass is 9.97. The Morgan fingerprint density at radius 1 is 1.14 bits per heavy atom. The van der Waals surface area contributed by atoms with Gasteiger partial charge in [-0.05, 0) is 64.3 Å². The Labute approximate surface area is 240 Å². The molecule has 1 saturated heterocycles. The van der Waals surface area contributed by atoms with Crippen LogP contribution in [0.3, 0.4) is 0 Å². The van der Waals surface area contributed by atoms with Crippen molar-refractivity contribution in [1.29, 1.82) is 0 Å². The number of halogens is 6. The summed E-state index contributed by atoms with van der Waals surface area (Å²) in [5, 5.41) is 20.2. The van der Waals surface area contributed by atoms with Crippen LogP contribution in [0.1, 0.15) is 62.9 Å². The third-order valence-electron chi connectivity index (χ3n) is 6.78. The zero-order valence-corrected chi connectivity index (χ0v) is 23.0. The Morgan fingerprint density at radius 2 is 1.88 bits per heavy atom. The summed E-state index contributed by atoms with van der Waals surface area (Å²) >= 11 is 0. The highest BCUT2D eigenvalue weighted by atomic mass is 19.4. The fourth-order valence-electron chi connectivity index (χ4n) is 4.90. The van der Waals surface area contributed by atoms with Gasteiger partial charge in [0.05, 0.1) is 17.1 Å². The summed E-state index contributed by atoms with van der Waals surface area (Å²) in [6, 6.07) is 3.71. The fraction of sp³-hybridized carbons (Fsp3) is 0.444. The molecular formula is C27H26F6N6O4. The van der Waals surface area contributed by atoms with Crippen molar-refractivity contribution in [1.82, 2.24) is 20.2 Å². The Balaban J connectivity index is 1.78. The number of rotatable bonds is 1. The Morgan fingerprint density at radius 3 is 2.56 bits per heavy atom. The second kappa shape index (κ2) is 10.5. The van der Waals surface area contributed by atoms with Gasteiger partial charge in [0.15, 0.2) is 5.69 Å². The van der Waals surface area contributed by atoms with E-state index in [0.29, 0.717) is 18.9 Å². The second-order valence-electron chi connectivity index (χ2n) is 11.1. The summed E-state index contributed by atoms with van der Waals surface area (Å²) in [5.41, 5.74) is -8.14. The largest absolute Gasteiger partial charge is 0.444 e. The van der Waals surface area contributed by atoms with Crippen LogP contribution < -0.4 is 10.2 Å². The molecule has 2 N–H and O–H groups in total. The fourth-order valence-corrected chi connectivity index (χ4v) is 4.90. The van der Waals surface area contributed by atoms with Crippen LogP contribution in [0, 0.1) is 0 Å². The molecule has 0 saturated carbocycles. The number of alkyl halides is 6. The standard InChI is InChI=1S/C27H26F6N6O4/c1-24(2,3)43-23(40)35-17-13-16(26(28,29)30)20-36-19(17)21-37-38-22(42-21)25(41,27(31,32)33)18-11-5-8-14(34-18)7-4-9-15-10-6-12-39(15)20/h4-5,7-8,11,13,15,41H,6,9-10,12H2,1-3H3,(H,35,40)/b7-4-/t15-,25?/m1/s1. The average molecular weight is 613 g/mol.